The molecule has 2 aliphatic carbocycles. The third-order valence-electron chi connectivity index (χ3n) is 10.3. The molecule has 0 radical (unpaired) electrons. The molecule has 0 bridgehead atoms. The van der Waals surface area contributed by atoms with Crippen molar-refractivity contribution in [1.82, 2.24) is 30.9 Å². The minimum Gasteiger partial charge on any atom is -0.356 e. The molecular formula is C36H46N10O5S2. The number of hydrogen-bond acceptors (Lipinski definition) is 8. The van der Waals surface area contributed by atoms with Gasteiger partial charge in [0.1, 0.15) is 9.92 Å². The minimum absolute atomic E-state index is 0.0101. The van der Waals surface area contributed by atoms with Gasteiger partial charge in [-0.3, -0.25) is 14.3 Å². The number of aryl methyl sites for hydroxylation is 4. The molecule has 4 aliphatic rings. The van der Waals surface area contributed by atoms with E-state index < -0.39 is 15.9 Å². The minimum atomic E-state index is -3.59. The predicted octanol–water partition coefficient (Wildman–Crippen LogP) is 3.60. The zero-order valence-corrected chi connectivity index (χ0v) is 31.2. The molecule has 282 valence electrons. The van der Waals surface area contributed by atoms with Crippen LogP contribution in [0, 0.1) is 0 Å². The Bertz CT molecular complexity index is 1990. The number of anilines is 2. The van der Waals surface area contributed by atoms with E-state index in [1.807, 2.05) is 11.8 Å². The largest absolute Gasteiger partial charge is 0.356 e. The van der Waals surface area contributed by atoms with Crippen molar-refractivity contribution in [3.8, 4) is 0 Å². The first-order valence-electron chi connectivity index (χ1n) is 18.4. The fraction of sp³-hybridized carbons (Fsp3) is 0.500. The van der Waals surface area contributed by atoms with Crippen LogP contribution < -0.4 is 31.7 Å². The molecule has 3 aromatic rings. The van der Waals surface area contributed by atoms with Gasteiger partial charge in [0.05, 0.1) is 22.7 Å². The Hall–Kier alpha value is -4.48. The Morgan fingerprint density at radius 1 is 1.00 bits per heavy atom. The number of carbonyl (C=O) groups is 4. The summed E-state index contributed by atoms with van der Waals surface area (Å²) in [6.07, 6.45) is 10.9. The van der Waals surface area contributed by atoms with Crippen LogP contribution in [0.4, 0.5) is 21.0 Å². The summed E-state index contributed by atoms with van der Waals surface area (Å²) in [6.45, 7) is 1.08. The van der Waals surface area contributed by atoms with E-state index in [2.05, 4.69) is 47.3 Å². The molecule has 0 saturated carbocycles. The summed E-state index contributed by atoms with van der Waals surface area (Å²) in [6, 6.07) is 8.02. The van der Waals surface area contributed by atoms with Gasteiger partial charge < -0.3 is 26.6 Å². The molecule has 2 aromatic carbocycles. The highest BCUT2D eigenvalue weighted by Crippen LogP contribution is 2.39. The molecule has 53 heavy (non-hydrogen) atoms. The van der Waals surface area contributed by atoms with Crippen molar-refractivity contribution in [2.75, 3.05) is 22.9 Å². The average molecular weight is 763 g/mol. The van der Waals surface area contributed by atoms with Gasteiger partial charge in [-0.25, -0.2) is 18.9 Å². The fourth-order valence-electron chi connectivity index (χ4n) is 7.72. The van der Waals surface area contributed by atoms with E-state index in [1.54, 1.807) is 23.0 Å². The molecule has 3 heterocycles. The van der Waals surface area contributed by atoms with E-state index in [-0.39, 0.29) is 41.2 Å². The molecule has 2 aliphatic heterocycles. The molecule has 1 aromatic heterocycles. The summed E-state index contributed by atoms with van der Waals surface area (Å²) in [5.41, 5.74) is 6.67. The number of hydrogen-bond donors (Lipinski definition) is 6. The Morgan fingerprint density at radius 3 is 2.58 bits per heavy atom. The lowest BCUT2D eigenvalue weighted by Crippen LogP contribution is -2.37. The number of aromatic nitrogens is 3. The first kappa shape index (κ1) is 36.9. The van der Waals surface area contributed by atoms with E-state index >= 15 is 0 Å². The lowest BCUT2D eigenvalue weighted by molar-refractivity contribution is -0.121. The van der Waals surface area contributed by atoms with Crippen molar-refractivity contribution in [3.05, 3.63) is 64.5 Å². The molecule has 7 rings (SSSR count). The Balaban J connectivity index is 0.825. The van der Waals surface area contributed by atoms with Gasteiger partial charge in [0.25, 0.3) is 0 Å². The van der Waals surface area contributed by atoms with Gasteiger partial charge in [0.15, 0.2) is 0 Å². The van der Waals surface area contributed by atoms with Crippen molar-refractivity contribution in [2.24, 2.45) is 9.50 Å². The van der Waals surface area contributed by atoms with E-state index in [9.17, 15) is 23.4 Å². The highest BCUT2D eigenvalue weighted by molar-refractivity contribution is 8.00. The summed E-state index contributed by atoms with van der Waals surface area (Å²) < 4.78 is 19.0. The van der Waals surface area contributed by atoms with Crippen LogP contribution in [0.25, 0.3) is 0 Å². The number of amides is 6. The number of fused-ring (bicyclic) bond motifs is 3. The first-order valence-corrected chi connectivity index (χ1v) is 21.0. The maximum absolute atomic E-state index is 13.4. The van der Waals surface area contributed by atoms with Crippen LogP contribution in [0.2, 0.25) is 0 Å². The molecule has 2 unspecified atom stereocenters. The normalized spacial score (nSPS) is 20.8. The number of nitrogens with zero attached hydrogens (tertiary/aromatic N) is 4. The zero-order valence-electron chi connectivity index (χ0n) is 29.5. The molecular weight excluding hydrogens is 717 g/mol. The predicted molar refractivity (Wildman–Crippen MR) is 203 cm³/mol. The third kappa shape index (κ3) is 9.01. The van der Waals surface area contributed by atoms with E-state index in [1.165, 1.54) is 23.3 Å². The second-order valence-electron chi connectivity index (χ2n) is 14.1. The summed E-state index contributed by atoms with van der Waals surface area (Å²) >= 11 is 1.85. The van der Waals surface area contributed by atoms with Crippen LogP contribution in [-0.2, 0) is 58.2 Å². The highest BCUT2D eigenvalue weighted by atomic mass is 32.2. The summed E-state index contributed by atoms with van der Waals surface area (Å²) in [5.74, 6) is 0.640. The smallest absolute Gasteiger partial charge is 0.354 e. The second kappa shape index (κ2) is 16.3. The van der Waals surface area contributed by atoms with Gasteiger partial charge in [0, 0.05) is 60.9 Å². The quantitative estimate of drug-likeness (QED) is 0.105. The van der Waals surface area contributed by atoms with Gasteiger partial charge in [-0.2, -0.15) is 11.8 Å². The van der Waals surface area contributed by atoms with Crippen LogP contribution in [0.15, 0.2) is 45.8 Å². The van der Waals surface area contributed by atoms with E-state index in [0.717, 1.165) is 73.9 Å². The number of rotatable bonds is 14. The average Bonchev–Trinajstić information content (AvgIpc) is 3.97. The number of urea groups is 2. The summed E-state index contributed by atoms with van der Waals surface area (Å²) in [4.78, 5) is 49.8. The van der Waals surface area contributed by atoms with Crippen LogP contribution >= 0.6 is 11.8 Å². The SMILES string of the molecule is NS(=O)(=NC(=O)Nc1c2c(cc3c1CCC3)CCC2)c1cccc(NC(=O)CCc2cn(CCCNC(=O)CCCC3SC[C@@H]4NC(=O)N[C@H]34)nn2)c1. The fourth-order valence-corrected chi connectivity index (χ4v) is 10.2. The van der Waals surface area contributed by atoms with Crippen molar-refractivity contribution in [1.29, 1.82) is 0 Å². The lowest BCUT2D eigenvalue weighted by atomic mass is 9.99. The molecule has 0 spiro atoms. The topological polar surface area (TPSA) is 215 Å². The molecule has 17 heteroatoms. The summed E-state index contributed by atoms with van der Waals surface area (Å²) in [7, 11) is -3.59. The van der Waals surface area contributed by atoms with Gasteiger partial charge in [-0.15, -0.1) is 9.46 Å². The van der Waals surface area contributed by atoms with Gasteiger partial charge in [-0.1, -0.05) is 17.3 Å². The molecule has 2 saturated heterocycles. The van der Waals surface area contributed by atoms with Crippen LogP contribution in [0.3, 0.4) is 0 Å². The standard InChI is InChI=1S/C36H46N10O5S2/c37-53(51,44-36(50)41-33-27-10-1-6-22(27)18-23-7-2-11-28(23)33)26-9-3-8-24(19-26)39-32(48)15-14-25-20-46(45-43-25)17-5-16-38-31(47)13-4-12-30-34-29(21-52-30)40-35(49)42-34/h3,8-9,18-20,29-30,34H,1-2,4-7,10-17,21H2,(H,38,47)(H,39,48)(H2,40,42,49)(H3,37,41,44,50,51)/t29-,30?,34-,53?/m0/s1. The van der Waals surface area contributed by atoms with Crippen molar-refractivity contribution in [3.63, 3.8) is 0 Å². The van der Waals surface area contributed by atoms with Gasteiger partial charge >= 0.3 is 12.1 Å². The Morgan fingerprint density at radius 2 is 1.79 bits per heavy atom. The molecule has 6 amide bonds. The van der Waals surface area contributed by atoms with Crippen LogP contribution in [0.1, 0.15) is 72.9 Å². The Labute approximate surface area is 313 Å². The number of nitrogens with two attached hydrogens (primary N) is 1. The highest BCUT2D eigenvalue weighted by Gasteiger charge is 2.42. The maximum Gasteiger partial charge on any atom is 0.354 e. The van der Waals surface area contributed by atoms with Crippen LogP contribution in [-0.4, -0.2) is 72.7 Å². The molecule has 7 N–H and O–H groups in total. The zero-order chi connectivity index (χ0) is 37.0. The lowest BCUT2D eigenvalue weighted by Gasteiger charge is -2.16. The van der Waals surface area contributed by atoms with Gasteiger partial charge in [0.2, 0.25) is 11.8 Å². The molecule has 2 fully saturated rings. The van der Waals surface area contributed by atoms with Crippen molar-refractivity contribution in [2.45, 2.75) is 106 Å². The second-order valence-corrected chi connectivity index (χ2v) is 17.2. The maximum atomic E-state index is 13.4. The third-order valence-corrected chi connectivity index (χ3v) is 13.2. The molecule has 4 atom stereocenters. The number of thioether (sulfide) groups is 1. The van der Waals surface area contributed by atoms with Crippen molar-refractivity contribution < 1.29 is 23.4 Å². The molecule has 15 nitrogen and oxygen atoms in total. The Kier molecular flexibility index (Phi) is 11.3. The van der Waals surface area contributed by atoms with Crippen molar-refractivity contribution >= 4 is 56.9 Å². The van der Waals surface area contributed by atoms with E-state index in [0.29, 0.717) is 49.0 Å². The van der Waals surface area contributed by atoms with E-state index in [4.69, 9.17) is 5.14 Å². The van der Waals surface area contributed by atoms with Gasteiger partial charge in [-0.05, 0) is 98.2 Å². The first-order chi connectivity index (χ1) is 25.6. The number of benzene rings is 2. The van der Waals surface area contributed by atoms with Crippen LogP contribution in [0.5, 0.6) is 0 Å². The number of carbonyl (C=O) groups excluding carboxylic acids is 4. The summed E-state index contributed by atoms with van der Waals surface area (Å²) in [5, 5.41) is 29.3. The monoisotopic (exact) mass is 762 g/mol. The number of nitrogens with one attached hydrogen (secondary N) is 5.